The molecule has 4 rings (SSSR count). The SMILES string of the molecule is Cc1cnn([C@H]2C[C@H]3CN(Cc4ccccc4)C[C@H]3C[C@@H]2O)c1. The van der Waals surface area contributed by atoms with Gasteiger partial charge in [-0.05, 0) is 42.7 Å². The van der Waals surface area contributed by atoms with Crippen LogP contribution in [-0.2, 0) is 6.54 Å². The maximum atomic E-state index is 10.6. The van der Waals surface area contributed by atoms with E-state index in [0.29, 0.717) is 11.8 Å². The third kappa shape index (κ3) is 3.06. The molecule has 1 aromatic carbocycles. The van der Waals surface area contributed by atoms with Gasteiger partial charge < -0.3 is 5.11 Å². The molecule has 23 heavy (non-hydrogen) atoms. The van der Waals surface area contributed by atoms with Gasteiger partial charge in [0, 0.05) is 25.8 Å². The molecule has 122 valence electrons. The molecule has 1 aliphatic carbocycles. The van der Waals surface area contributed by atoms with Gasteiger partial charge in [-0.25, -0.2) is 0 Å². The lowest BCUT2D eigenvalue weighted by molar-refractivity contribution is 0.0306. The minimum absolute atomic E-state index is 0.140. The summed E-state index contributed by atoms with van der Waals surface area (Å²) in [5, 5.41) is 15.0. The van der Waals surface area contributed by atoms with E-state index >= 15 is 0 Å². The molecular formula is C19H25N3O. The second-order valence-electron chi connectivity index (χ2n) is 7.30. The molecule has 0 bridgehead atoms. The molecular weight excluding hydrogens is 286 g/mol. The number of aromatic nitrogens is 2. The Morgan fingerprint density at radius 3 is 2.57 bits per heavy atom. The number of benzene rings is 1. The number of hydrogen-bond acceptors (Lipinski definition) is 3. The lowest BCUT2D eigenvalue weighted by atomic mass is 9.77. The Kier molecular flexibility index (Phi) is 3.95. The third-order valence-electron chi connectivity index (χ3n) is 5.50. The molecule has 1 N–H and O–H groups in total. The maximum absolute atomic E-state index is 10.6. The molecule has 2 aliphatic rings. The average Bonchev–Trinajstić information content (AvgIpc) is 3.13. The third-order valence-corrected chi connectivity index (χ3v) is 5.50. The lowest BCUT2D eigenvalue weighted by Gasteiger charge is -2.35. The van der Waals surface area contributed by atoms with Gasteiger partial charge in [0.1, 0.15) is 0 Å². The molecule has 0 amide bonds. The molecule has 1 aromatic heterocycles. The molecule has 0 spiro atoms. The van der Waals surface area contributed by atoms with Crippen molar-refractivity contribution in [1.82, 2.24) is 14.7 Å². The second kappa shape index (κ2) is 6.10. The van der Waals surface area contributed by atoms with Gasteiger partial charge >= 0.3 is 0 Å². The van der Waals surface area contributed by atoms with Gasteiger partial charge in [0.2, 0.25) is 0 Å². The Bertz CT molecular complexity index is 654. The molecule has 0 radical (unpaired) electrons. The van der Waals surface area contributed by atoms with Crippen molar-refractivity contribution in [3.63, 3.8) is 0 Å². The summed E-state index contributed by atoms with van der Waals surface area (Å²) in [4.78, 5) is 2.55. The van der Waals surface area contributed by atoms with Gasteiger partial charge in [-0.15, -0.1) is 0 Å². The van der Waals surface area contributed by atoms with Crippen LogP contribution in [0.1, 0.15) is 30.0 Å². The number of likely N-dealkylation sites (tertiary alicyclic amines) is 1. The maximum Gasteiger partial charge on any atom is 0.0781 e. The minimum atomic E-state index is -0.271. The van der Waals surface area contributed by atoms with E-state index in [9.17, 15) is 5.11 Å². The number of fused-ring (bicyclic) bond motifs is 1. The monoisotopic (exact) mass is 311 g/mol. The van der Waals surface area contributed by atoms with Crippen LogP contribution in [0.15, 0.2) is 42.7 Å². The van der Waals surface area contributed by atoms with Gasteiger partial charge in [0.25, 0.3) is 0 Å². The first-order chi connectivity index (χ1) is 11.2. The van der Waals surface area contributed by atoms with Gasteiger partial charge in [-0.3, -0.25) is 9.58 Å². The highest BCUT2D eigenvalue weighted by Crippen LogP contribution is 2.41. The normalized spacial score (nSPS) is 31.2. The van der Waals surface area contributed by atoms with Crippen LogP contribution in [-0.4, -0.2) is 39.0 Å². The van der Waals surface area contributed by atoms with Gasteiger partial charge in [-0.1, -0.05) is 30.3 Å². The molecule has 4 nitrogen and oxygen atoms in total. The van der Waals surface area contributed by atoms with Crippen LogP contribution >= 0.6 is 0 Å². The molecule has 2 aromatic rings. The smallest absolute Gasteiger partial charge is 0.0781 e. The van der Waals surface area contributed by atoms with Crippen molar-refractivity contribution >= 4 is 0 Å². The Hall–Kier alpha value is -1.65. The van der Waals surface area contributed by atoms with Crippen molar-refractivity contribution in [1.29, 1.82) is 0 Å². The fourth-order valence-electron chi connectivity index (χ4n) is 4.37. The summed E-state index contributed by atoms with van der Waals surface area (Å²) in [6, 6.07) is 10.8. The first-order valence-corrected chi connectivity index (χ1v) is 8.64. The lowest BCUT2D eigenvalue weighted by Crippen LogP contribution is -2.36. The summed E-state index contributed by atoms with van der Waals surface area (Å²) in [5.74, 6) is 1.30. The number of hydrogen-bond donors (Lipinski definition) is 1. The second-order valence-corrected chi connectivity index (χ2v) is 7.30. The molecule has 4 heteroatoms. The van der Waals surface area contributed by atoms with E-state index in [1.165, 1.54) is 5.56 Å². The van der Waals surface area contributed by atoms with E-state index in [2.05, 4.69) is 53.5 Å². The van der Waals surface area contributed by atoms with E-state index in [0.717, 1.165) is 38.0 Å². The Morgan fingerprint density at radius 1 is 1.13 bits per heavy atom. The standard InChI is InChI=1S/C19H25N3O/c1-14-9-20-22(10-14)18-7-16-12-21(13-17(16)8-19(18)23)11-15-5-3-2-4-6-15/h2-6,9-10,16-19,23H,7-8,11-13H2,1H3/t16-,17+,18-,19-/m0/s1. The highest BCUT2D eigenvalue weighted by atomic mass is 16.3. The van der Waals surface area contributed by atoms with Crippen LogP contribution in [0.3, 0.4) is 0 Å². The zero-order chi connectivity index (χ0) is 15.8. The number of aliphatic hydroxyl groups excluding tert-OH is 1. The van der Waals surface area contributed by atoms with Crippen molar-refractivity contribution in [3.05, 3.63) is 53.9 Å². The molecule has 1 saturated carbocycles. The summed E-state index contributed by atoms with van der Waals surface area (Å²) in [5.41, 5.74) is 2.54. The Morgan fingerprint density at radius 2 is 1.87 bits per heavy atom. The van der Waals surface area contributed by atoms with Gasteiger partial charge in [0.15, 0.2) is 0 Å². The van der Waals surface area contributed by atoms with Gasteiger partial charge in [-0.2, -0.15) is 5.10 Å². The molecule has 1 saturated heterocycles. The van der Waals surface area contributed by atoms with E-state index in [-0.39, 0.29) is 12.1 Å². The fourth-order valence-corrected chi connectivity index (χ4v) is 4.37. The van der Waals surface area contributed by atoms with E-state index in [4.69, 9.17) is 0 Å². The van der Waals surface area contributed by atoms with Crippen LogP contribution < -0.4 is 0 Å². The first kappa shape index (κ1) is 14.9. The number of aryl methyl sites for hydroxylation is 1. The highest BCUT2D eigenvalue weighted by Gasteiger charge is 2.42. The van der Waals surface area contributed by atoms with Crippen molar-refractivity contribution in [2.45, 2.75) is 38.5 Å². The largest absolute Gasteiger partial charge is 0.391 e. The number of rotatable bonds is 3. The van der Waals surface area contributed by atoms with Crippen LogP contribution in [0.5, 0.6) is 0 Å². The first-order valence-electron chi connectivity index (χ1n) is 8.64. The Labute approximate surface area is 137 Å². The quantitative estimate of drug-likeness (QED) is 0.947. The topological polar surface area (TPSA) is 41.3 Å². The number of aliphatic hydroxyl groups is 1. The van der Waals surface area contributed by atoms with Crippen molar-refractivity contribution in [2.24, 2.45) is 11.8 Å². The summed E-state index contributed by atoms with van der Waals surface area (Å²) in [7, 11) is 0. The molecule has 1 aliphatic heterocycles. The molecule has 4 atom stereocenters. The summed E-state index contributed by atoms with van der Waals surface area (Å²) in [6.07, 6.45) is 5.62. The van der Waals surface area contributed by atoms with Crippen molar-refractivity contribution in [2.75, 3.05) is 13.1 Å². The van der Waals surface area contributed by atoms with Crippen LogP contribution in [0.2, 0.25) is 0 Å². The summed E-state index contributed by atoms with van der Waals surface area (Å²) >= 11 is 0. The van der Waals surface area contributed by atoms with E-state index < -0.39 is 0 Å². The van der Waals surface area contributed by atoms with Crippen LogP contribution in [0.25, 0.3) is 0 Å². The fraction of sp³-hybridized carbons (Fsp3) is 0.526. The predicted octanol–water partition coefficient (Wildman–Crippen LogP) is 2.64. The van der Waals surface area contributed by atoms with Gasteiger partial charge in [0.05, 0.1) is 18.3 Å². The highest BCUT2D eigenvalue weighted by molar-refractivity contribution is 5.15. The zero-order valence-corrected chi connectivity index (χ0v) is 13.7. The molecule has 2 fully saturated rings. The van der Waals surface area contributed by atoms with Crippen molar-refractivity contribution in [3.8, 4) is 0 Å². The zero-order valence-electron chi connectivity index (χ0n) is 13.7. The van der Waals surface area contributed by atoms with Crippen LogP contribution in [0.4, 0.5) is 0 Å². The minimum Gasteiger partial charge on any atom is -0.391 e. The summed E-state index contributed by atoms with van der Waals surface area (Å²) < 4.78 is 1.98. The van der Waals surface area contributed by atoms with Crippen LogP contribution in [0, 0.1) is 18.8 Å². The predicted molar refractivity (Wildman–Crippen MR) is 89.9 cm³/mol. The van der Waals surface area contributed by atoms with E-state index in [1.54, 1.807) is 0 Å². The average molecular weight is 311 g/mol. The summed E-state index contributed by atoms with van der Waals surface area (Å²) in [6.45, 7) is 5.33. The molecule has 0 unspecified atom stereocenters. The number of nitrogens with zero attached hydrogens (tertiary/aromatic N) is 3. The molecule has 2 heterocycles. The van der Waals surface area contributed by atoms with E-state index in [1.807, 2.05) is 10.9 Å². The van der Waals surface area contributed by atoms with Crippen molar-refractivity contribution < 1.29 is 5.11 Å². The Balaban J connectivity index is 1.43.